The highest BCUT2D eigenvalue weighted by atomic mass is 16.1. The van der Waals surface area contributed by atoms with Crippen LogP contribution in [0, 0.1) is 0 Å². The van der Waals surface area contributed by atoms with E-state index < -0.39 is 0 Å². The predicted molar refractivity (Wildman–Crippen MR) is 78.7 cm³/mol. The van der Waals surface area contributed by atoms with Gasteiger partial charge < -0.3 is 5.32 Å². The molecule has 1 atom stereocenters. The van der Waals surface area contributed by atoms with Gasteiger partial charge in [-0.25, -0.2) is 0 Å². The quantitative estimate of drug-likeness (QED) is 0.909. The molecule has 0 spiro atoms. The molecule has 3 nitrogen and oxygen atoms in total. The summed E-state index contributed by atoms with van der Waals surface area (Å²) in [6.07, 6.45) is 1.03. The van der Waals surface area contributed by atoms with Crippen molar-refractivity contribution in [3.8, 4) is 0 Å². The van der Waals surface area contributed by atoms with E-state index in [0.717, 1.165) is 5.56 Å². The molecule has 1 unspecified atom stereocenters. The van der Waals surface area contributed by atoms with Crippen LogP contribution < -0.4 is 5.32 Å². The Balaban J connectivity index is 2.09. The number of hydrogen-bond acceptors (Lipinski definition) is 2. The van der Waals surface area contributed by atoms with Gasteiger partial charge in [0.15, 0.2) is 0 Å². The van der Waals surface area contributed by atoms with E-state index in [2.05, 4.69) is 29.6 Å². The minimum atomic E-state index is -0.0511. The first-order valence-corrected chi connectivity index (χ1v) is 6.92. The fourth-order valence-corrected chi connectivity index (χ4v) is 3.08. The lowest BCUT2D eigenvalue weighted by atomic mass is 9.79. The maximum absolute atomic E-state index is 11.9. The Morgan fingerprint density at radius 3 is 2.85 bits per heavy atom. The minimum absolute atomic E-state index is 0.0511. The number of nitrogens with one attached hydrogen (secondary N) is 1. The fraction of sp³-hybridized carbons (Fsp3) is 0.294. The molecule has 0 heterocycles. The number of ketones is 1. The molecule has 1 N–H and O–H groups in total. The second-order valence-corrected chi connectivity index (χ2v) is 5.41. The van der Waals surface area contributed by atoms with Gasteiger partial charge in [0, 0.05) is 32.2 Å². The van der Waals surface area contributed by atoms with Gasteiger partial charge in [0.25, 0.3) is 0 Å². The highest BCUT2D eigenvalue weighted by Crippen LogP contribution is 2.35. The SMILES string of the molecule is CC(=O)NCC1CC(=O)Cc2ccc3ccccc3c21. The van der Waals surface area contributed by atoms with Crippen LogP contribution in [-0.4, -0.2) is 18.2 Å². The van der Waals surface area contributed by atoms with E-state index in [9.17, 15) is 9.59 Å². The van der Waals surface area contributed by atoms with Crippen molar-refractivity contribution >= 4 is 22.5 Å². The van der Waals surface area contributed by atoms with Gasteiger partial charge in [-0.2, -0.15) is 0 Å². The zero-order chi connectivity index (χ0) is 14.1. The van der Waals surface area contributed by atoms with Gasteiger partial charge in [0.05, 0.1) is 0 Å². The number of carbonyl (C=O) groups excluding carboxylic acids is 2. The number of rotatable bonds is 2. The van der Waals surface area contributed by atoms with Crippen molar-refractivity contribution in [3.63, 3.8) is 0 Å². The van der Waals surface area contributed by atoms with Gasteiger partial charge in [0.2, 0.25) is 5.91 Å². The van der Waals surface area contributed by atoms with Crippen LogP contribution in [0.2, 0.25) is 0 Å². The van der Waals surface area contributed by atoms with Crippen molar-refractivity contribution in [1.29, 1.82) is 0 Å². The monoisotopic (exact) mass is 267 g/mol. The molecule has 0 aromatic heterocycles. The zero-order valence-corrected chi connectivity index (χ0v) is 11.5. The Morgan fingerprint density at radius 1 is 1.25 bits per heavy atom. The lowest BCUT2D eigenvalue weighted by molar-refractivity contribution is -0.121. The van der Waals surface area contributed by atoms with Crippen LogP contribution in [0.15, 0.2) is 36.4 Å². The van der Waals surface area contributed by atoms with Crippen molar-refractivity contribution in [2.24, 2.45) is 0 Å². The summed E-state index contributed by atoms with van der Waals surface area (Å²) < 4.78 is 0. The van der Waals surface area contributed by atoms with E-state index in [1.807, 2.05) is 12.1 Å². The molecule has 0 bridgehead atoms. The molecule has 102 valence electrons. The summed E-state index contributed by atoms with van der Waals surface area (Å²) in [6.45, 7) is 2.04. The lowest BCUT2D eigenvalue weighted by Crippen LogP contribution is -2.30. The molecule has 1 amide bonds. The van der Waals surface area contributed by atoms with Crippen molar-refractivity contribution in [2.75, 3.05) is 6.54 Å². The van der Waals surface area contributed by atoms with E-state index in [1.54, 1.807) is 0 Å². The molecule has 0 radical (unpaired) electrons. The molecule has 0 aliphatic heterocycles. The standard InChI is InChI=1S/C17H17NO2/c1-11(19)18-10-14-9-15(20)8-13-7-6-12-4-2-3-5-16(12)17(13)14/h2-7,14H,8-10H2,1H3,(H,18,19). The Hall–Kier alpha value is -2.16. The molecular formula is C17H17NO2. The van der Waals surface area contributed by atoms with Crippen LogP contribution in [-0.2, 0) is 16.0 Å². The maximum atomic E-state index is 11.9. The molecule has 3 heteroatoms. The summed E-state index contributed by atoms with van der Waals surface area (Å²) in [5.41, 5.74) is 2.34. The Labute approximate surface area is 118 Å². The Kier molecular flexibility index (Phi) is 3.26. The number of benzene rings is 2. The molecule has 2 aromatic rings. The number of amides is 1. The maximum Gasteiger partial charge on any atom is 0.216 e. The molecule has 1 aliphatic rings. The van der Waals surface area contributed by atoms with Gasteiger partial charge in [-0.15, -0.1) is 0 Å². The molecule has 3 rings (SSSR count). The third-order valence-electron chi connectivity index (χ3n) is 3.93. The minimum Gasteiger partial charge on any atom is -0.356 e. The first kappa shape index (κ1) is 12.9. The molecule has 0 saturated heterocycles. The first-order chi connectivity index (χ1) is 9.65. The zero-order valence-electron chi connectivity index (χ0n) is 11.5. The highest BCUT2D eigenvalue weighted by Gasteiger charge is 2.26. The molecule has 0 saturated carbocycles. The average Bonchev–Trinajstić information content (AvgIpc) is 2.44. The van der Waals surface area contributed by atoms with Crippen LogP contribution in [0.3, 0.4) is 0 Å². The second kappa shape index (κ2) is 5.08. The Morgan fingerprint density at radius 2 is 2.05 bits per heavy atom. The summed E-state index contributed by atoms with van der Waals surface area (Å²) in [4.78, 5) is 23.1. The van der Waals surface area contributed by atoms with Gasteiger partial charge in [-0.05, 0) is 21.9 Å². The van der Waals surface area contributed by atoms with Crippen LogP contribution in [0.25, 0.3) is 10.8 Å². The average molecular weight is 267 g/mol. The second-order valence-electron chi connectivity index (χ2n) is 5.41. The van der Waals surface area contributed by atoms with Crippen LogP contribution in [0.5, 0.6) is 0 Å². The van der Waals surface area contributed by atoms with Crippen LogP contribution in [0.1, 0.15) is 30.4 Å². The van der Waals surface area contributed by atoms with Crippen LogP contribution in [0.4, 0.5) is 0 Å². The van der Waals surface area contributed by atoms with Gasteiger partial charge in [-0.3, -0.25) is 9.59 Å². The molecular weight excluding hydrogens is 250 g/mol. The third-order valence-corrected chi connectivity index (χ3v) is 3.93. The van der Waals surface area contributed by atoms with Crippen LogP contribution >= 0.6 is 0 Å². The van der Waals surface area contributed by atoms with Gasteiger partial charge in [0.1, 0.15) is 5.78 Å². The molecule has 0 fully saturated rings. The van der Waals surface area contributed by atoms with Crippen molar-refractivity contribution < 1.29 is 9.59 Å². The fourth-order valence-electron chi connectivity index (χ4n) is 3.08. The third kappa shape index (κ3) is 2.31. The number of carbonyl (C=O) groups is 2. The summed E-state index contributed by atoms with van der Waals surface area (Å²) in [7, 11) is 0. The van der Waals surface area contributed by atoms with Crippen molar-refractivity contribution in [2.45, 2.75) is 25.7 Å². The van der Waals surface area contributed by atoms with E-state index in [-0.39, 0.29) is 17.6 Å². The highest BCUT2D eigenvalue weighted by molar-refractivity contribution is 5.93. The largest absolute Gasteiger partial charge is 0.356 e. The van der Waals surface area contributed by atoms with Gasteiger partial charge in [-0.1, -0.05) is 36.4 Å². The number of Topliss-reactive ketones (excluding diaryl/α,β-unsaturated/α-hetero) is 1. The first-order valence-electron chi connectivity index (χ1n) is 6.92. The summed E-state index contributed by atoms with van der Waals surface area (Å²) in [6, 6.07) is 12.4. The lowest BCUT2D eigenvalue weighted by Gasteiger charge is -2.26. The smallest absolute Gasteiger partial charge is 0.216 e. The topological polar surface area (TPSA) is 46.2 Å². The Bertz CT molecular complexity index is 690. The van der Waals surface area contributed by atoms with E-state index in [0.29, 0.717) is 19.4 Å². The summed E-state index contributed by atoms with van der Waals surface area (Å²) >= 11 is 0. The van der Waals surface area contributed by atoms with Crippen molar-refractivity contribution in [1.82, 2.24) is 5.32 Å². The number of fused-ring (bicyclic) bond motifs is 3. The predicted octanol–water partition coefficient (Wildman–Crippen LogP) is 2.57. The summed E-state index contributed by atoms with van der Waals surface area (Å²) in [5, 5.41) is 5.24. The normalized spacial score (nSPS) is 17.9. The van der Waals surface area contributed by atoms with Crippen molar-refractivity contribution in [3.05, 3.63) is 47.5 Å². The van der Waals surface area contributed by atoms with E-state index in [4.69, 9.17) is 0 Å². The summed E-state index contributed by atoms with van der Waals surface area (Å²) in [5.74, 6) is 0.286. The molecule has 20 heavy (non-hydrogen) atoms. The number of hydrogen-bond donors (Lipinski definition) is 1. The van der Waals surface area contributed by atoms with Gasteiger partial charge >= 0.3 is 0 Å². The van der Waals surface area contributed by atoms with E-state index in [1.165, 1.54) is 23.3 Å². The molecule has 1 aliphatic carbocycles. The van der Waals surface area contributed by atoms with E-state index >= 15 is 0 Å². The molecule has 2 aromatic carbocycles.